The molecule has 1 unspecified atom stereocenters. The maximum absolute atomic E-state index is 5.97. The molecule has 0 heterocycles. The molecule has 100 valence electrons. The summed E-state index contributed by atoms with van der Waals surface area (Å²) in [4.78, 5) is 0. The zero-order valence-corrected chi connectivity index (χ0v) is 13.3. The van der Waals surface area contributed by atoms with Crippen LogP contribution in [-0.4, -0.2) is 0 Å². The van der Waals surface area contributed by atoms with Crippen LogP contribution in [0.2, 0.25) is 0 Å². The summed E-state index contributed by atoms with van der Waals surface area (Å²) in [6.07, 6.45) is 0. The van der Waals surface area contributed by atoms with Crippen molar-refractivity contribution in [1.29, 1.82) is 0 Å². The summed E-state index contributed by atoms with van der Waals surface area (Å²) in [6.45, 7) is 4.60. The van der Waals surface area contributed by atoms with Crippen LogP contribution in [0.15, 0.2) is 42.5 Å². The fourth-order valence-corrected chi connectivity index (χ4v) is 2.24. The summed E-state index contributed by atoms with van der Waals surface area (Å²) >= 11 is 2.30. The molecule has 0 aromatic heterocycles. The Morgan fingerprint density at radius 3 is 2.47 bits per heavy atom. The van der Waals surface area contributed by atoms with Crippen molar-refractivity contribution in [3.63, 3.8) is 0 Å². The van der Waals surface area contributed by atoms with Crippen LogP contribution >= 0.6 is 22.6 Å². The fourth-order valence-electron chi connectivity index (χ4n) is 1.88. The molecule has 1 atom stereocenters. The molecule has 2 aromatic carbocycles. The molecule has 2 N–H and O–H groups in total. The molecule has 0 bridgehead atoms. The summed E-state index contributed by atoms with van der Waals surface area (Å²) in [5.74, 6) is 0.883. The van der Waals surface area contributed by atoms with E-state index in [0.29, 0.717) is 6.61 Å². The number of benzene rings is 2. The first-order valence-electron chi connectivity index (χ1n) is 6.29. The number of halogens is 1. The number of ether oxygens (including phenoxy) is 1. The average molecular weight is 367 g/mol. The monoisotopic (exact) mass is 367 g/mol. The highest BCUT2D eigenvalue weighted by atomic mass is 127. The van der Waals surface area contributed by atoms with Gasteiger partial charge in [-0.15, -0.1) is 0 Å². The molecule has 0 saturated carbocycles. The van der Waals surface area contributed by atoms with E-state index in [9.17, 15) is 0 Å². The third-order valence-corrected chi connectivity index (χ3v) is 3.69. The van der Waals surface area contributed by atoms with Crippen molar-refractivity contribution in [3.05, 3.63) is 62.7 Å². The third kappa shape index (κ3) is 3.94. The number of hydrogen-bond donors (Lipinski definition) is 1. The minimum absolute atomic E-state index is 0.0210. The summed E-state index contributed by atoms with van der Waals surface area (Å²) in [6, 6.07) is 14.5. The number of nitrogens with two attached hydrogens (primary N) is 1. The highest BCUT2D eigenvalue weighted by Crippen LogP contribution is 2.26. The average Bonchev–Trinajstić information content (AvgIpc) is 2.38. The lowest BCUT2D eigenvalue weighted by molar-refractivity contribution is 0.301. The van der Waals surface area contributed by atoms with Crippen LogP contribution in [0.4, 0.5) is 0 Å². The van der Waals surface area contributed by atoms with E-state index in [1.807, 2.05) is 19.1 Å². The van der Waals surface area contributed by atoms with Crippen molar-refractivity contribution in [2.45, 2.75) is 26.5 Å². The van der Waals surface area contributed by atoms with Crippen LogP contribution in [0.1, 0.15) is 29.7 Å². The number of rotatable bonds is 4. The van der Waals surface area contributed by atoms with Gasteiger partial charge in [0, 0.05) is 15.2 Å². The Balaban J connectivity index is 2.14. The van der Waals surface area contributed by atoms with Crippen molar-refractivity contribution in [1.82, 2.24) is 0 Å². The Labute approximate surface area is 128 Å². The van der Waals surface area contributed by atoms with E-state index in [4.69, 9.17) is 10.5 Å². The highest BCUT2D eigenvalue weighted by molar-refractivity contribution is 14.1. The quantitative estimate of drug-likeness (QED) is 0.823. The van der Waals surface area contributed by atoms with Gasteiger partial charge in [0.25, 0.3) is 0 Å². The van der Waals surface area contributed by atoms with Gasteiger partial charge in [0.2, 0.25) is 0 Å². The Morgan fingerprint density at radius 2 is 1.84 bits per heavy atom. The van der Waals surface area contributed by atoms with Crippen LogP contribution in [-0.2, 0) is 6.61 Å². The maximum atomic E-state index is 5.97. The van der Waals surface area contributed by atoms with E-state index in [2.05, 4.69) is 59.8 Å². The van der Waals surface area contributed by atoms with E-state index in [-0.39, 0.29) is 6.04 Å². The van der Waals surface area contributed by atoms with Gasteiger partial charge in [-0.05, 0) is 65.8 Å². The molecule has 0 aliphatic heterocycles. The molecule has 2 nitrogen and oxygen atoms in total. The molecule has 19 heavy (non-hydrogen) atoms. The summed E-state index contributed by atoms with van der Waals surface area (Å²) < 4.78 is 7.15. The minimum Gasteiger partial charge on any atom is -0.489 e. The normalized spacial score (nSPS) is 12.2. The predicted octanol–water partition coefficient (Wildman–Crippen LogP) is 4.20. The van der Waals surface area contributed by atoms with Gasteiger partial charge in [0.15, 0.2) is 0 Å². The zero-order chi connectivity index (χ0) is 13.8. The first kappa shape index (κ1) is 14.3. The summed E-state index contributed by atoms with van der Waals surface area (Å²) in [5.41, 5.74) is 9.37. The molecule has 3 heteroatoms. The van der Waals surface area contributed by atoms with E-state index in [0.717, 1.165) is 16.9 Å². The van der Waals surface area contributed by atoms with E-state index >= 15 is 0 Å². The molecular formula is C16H18INO. The van der Waals surface area contributed by atoms with Gasteiger partial charge < -0.3 is 10.5 Å². The van der Waals surface area contributed by atoms with Crippen molar-refractivity contribution in [3.8, 4) is 5.75 Å². The maximum Gasteiger partial charge on any atom is 0.124 e. The fraction of sp³-hybridized carbons (Fsp3) is 0.250. The van der Waals surface area contributed by atoms with Gasteiger partial charge in [0.05, 0.1) is 0 Å². The molecule has 0 radical (unpaired) electrons. The summed E-state index contributed by atoms with van der Waals surface area (Å²) in [5, 5.41) is 0. The topological polar surface area (TPSA) is 35.2 Å². The second-order valence-electron chi connectivity index (χ2n) is 4.75. The van der Waals surface area contributed by atoms with E-state index < -0.39 is 0 Å². The first-order valence-corrected chi connectivity index (χ1v) is 7.37. The molecule has 0 aliphatic carbocycles. The minimum atomic E-state index is -0.0210. The van der Waals surface area contributed by atoms with Gasteiger partial charge in [-0.2, -0.15) is 0 Å². The van der Waals surface area contributed by atoms with Gasteiger partial charge in [-0.3, -0.25) is 0 Å². The molecule has 0 aliphatic rings. The predicted molar refractivity (Wildman–Crippen MR) is 87.3 cm³/mol. The molecular weight excluding hydrogens is 349 g/mol. The summed E-state index contributed by atoms with van der Waals surface area (Å²) in [7, 11) is 0. The Kier molecular flexibility index (Phi) is 4.82. The van der Waals surface area contributed by atoms with Gasteiger partial charge in [-0.25, -0.2) is 0 Å². The standard InChI is InChI=1S/C16H18INO/c1-11-3-8-15(12(2)18)16(9-11)19-10-13-4-6-14(17)7-5-13/h3-9,12H,10,18H2,1-2H3. The van der Waals surface area contributed by atoms with Crippen LogP contribution in [0.3, 0.4) is 0 Å². The molecule has 2 rings (SSSR count). The van der Waals surface area contributed by atoms with Crippen molar-refractivity contribution in [2.24, 2.45) is 5.73 Å². The van der Waals surface area contributed by atoms with Crippen LogP contribution < -0.4 is 10.5 Å². The Bertz CT molecular complexity index is 549. The lowest BCUT2D eigenvalue weighted by atomic mass is 10.1. The molecule has 0 fully saturated rings. The lowest BCUT2D eigenvalue weighted by Crippen LogP contribution is -2.08. The smallest absolute Gasteiger partial charge is 0.124 e. The third-order valence-electron chi connectivity index (χ3n) is 2.97. The Morgan fingerprint density at radius 1 is 1.16 bits per heavy atom. The van der Waals surface area contributed by atoms with Gasteiger partial charge >= 0.3 is 0 Å². The molecule has 0 spiro atoms. The first-order chi connectivity index (χ1) is 9.06. The van der Waals surface area contributed by atoms with Crippen LogP contribution in [0.25, 0.3) is 0 Å². The Hall–Kier alpha value is -1.07. The molecule has 2 aromatic rings. The lowest BCUT2D eigenvalue weighted by Gasteiger charge is -2.15. The molecule has 0 amide bonds. The SMILES string of the molecule is Cc1ccc(C(C)N)c(OCc2ccc(I)cc2)c1. The van der Waals surface area contributed by atoms with E-state index in [1.165, 1.54) is 9.13 Å². The van der Waals surface area contributed by atoms with E-state index in [1.54, 1.807) is 0 Å². The largest absolute Gasteiger partial charge is 0.489 e. The van der Waals surface area contributed by atoms with Crippen molar-refractivity contribution < 1.29 is 4.74 Å². The molecule has 0 saturated heterocycles. The second kappa shape index (κ2) is 6.39. The van der Waals surface area contributed by atoms with Crippen LogP contribution in [0.5, 0.6) is 5.75 Å². The highest BCUT2D eigenvalue weighted by Gasteiger charge is 2.08. The number of aryl methyl sites for hydroxylation is 1. The van der Waals surface area contributed by atoms with Gasteiger partial charge in [0.1, 0.15) is 12.4 Å². The second-order valence-corrected chi connectivity index (χ2v) is 5.99. The number of hydrogen-bond acceptors (Lipinski definition) is 2. The van der Waals surface area contributed by atoms with Crippen molar-refractivity contribution in [2.75, 3.05) is 0 Å². The zero-order valence-electron chi connectivity index (χ0n) is 11.2. The van der Waals surface area contributed by atoms with Crippen LogP contribution in [0, 0.1) is 10.5 Å². The van der Waals surface area contributed by atoms with Gasteiger partial charge in [-0.1, -0.05) is 24.3 Å². The van der Waals surface area contributed by atoms with Crippen molar-refractivity contribution >= 4 is 22.6 Å².